The molecule has 1 nitrogen and oxygen atoms in total. The Bertz CT molecular complexity index is 277. The molecule has 0 radical (unpaired) electrons. The molecule has 13 heavy (non-hydrogen) atoms. The van der Waals surface area contributed by atoms with Crippen molar-refractivity contribution in [3.8, 4) is 0 Å². The largest absolute Gasteiger partial charge is 1.00 e. The summed E-state index contributed by atoms with van der Waals surface area (Å²) in [5.74, 6) is 0. The maximum absolute atomic E-state index is 12.1. The van der Waals surface area contributed by atoms with Gasteiger partial charge < -0.3 is 18.3 Å². The number of anilines is 1. The molecule has 1 aromatic carbocycles. The van der Waals surface area contributed by atoms with Crippen molar-refractivity contribution in [3.63, 3.8) is 0 Å². The van der Waals surface area contributed by atoms with E-state index in [-0.39, 0.29) is 51.4 Å². The Morgan fingerprint density at radius 1 is 1.23 bits per heavy atom. The van der Waals surface area contributed by atoms with Crippen LogP contribution in [0.25, 0.3) is 0 Å². The standard InChI is InChI=1S/C7H8BF3N.K/c1-12-7-4-2-3-6(5-7)8(9,10)11;/h2-5,12H,1H3;/q-1;+1. The Morgan fingerprint density at radius 2 is 1.85 bits per heavy atom. The topological polar surface area (TPSA) is 12.0 Å². The van der Waals surface area contributed by atoms with Gasteiger partial charge in [0.05, 0.1) is 0 Å². The van der Waals surface area contributed by atoms with E-state index in [0.29, 0.717) is 5.69 Å². The third kappa shape index (κ3) is 4.03. The summed E-state index contributed by atoms with van der Waals surface area (Å²) in [6.45, 7) is -4.87. The minimum Gasteiger partial charge on any atom is -0.445 e. The van der Waals surface area contributed by atoms with E-state index in [1.165, 1.54) is 6.07 Å². The van der Waals surface area contributed by atoms with Gasteiger partial charge in [-0.1, -0.05) is 18.2 Å². The number of rotatable bonds is 2. The molecular formula is C7H8BF3KN. The Hall–Kier alpha value is 0.511. The minimum absolute atomic E-state index is 0. The smallest absolute Gasteiger partial charge is 0.445 e. The summed E-state index contributed by atoms with van der Waals surface area (Å²) in [5.41, 5.74) is -0.0893. The zero-order valence-electron chi connectivity index (χ0n) is 7.52. The fourth-order valence-electron chi connectivity index (χ4n) is 0.898. The van der Waals surface area contributed by atoms with Crippen LogP contribution >= 0.6 is 0 Å². The number of halogens is 3. The molecular weight excluding hydrogens is 205 g/mol. The van der Waals surface area contributed by atoms with Crippen LogP contribution in [0.15, 0.2) is 24.3 Å². The van der Waals surface area contributed by atoms with Crippen molar-refractivity contribution in [3.05, 3.63) is 24.3 Å². The maximum atomic E-state index is 12.1. The average Bonchev–Trinajstić information content (AvgIpc) is 2.03. The first kappa shape index (κ1) is 13.5. The summed E-state index contributed by atoms with van der Waals surface area (Å²) in [5, 5.41) is 2.65. The van der Waals surface area contributed by atoms with Crippen LogP contribution in [0.2, 0.25) is 0 Å². The van der Waals surface area contributed by atoms with Crippen LogP contribution in [-0.2, 0) is 0 Å². The van der Waals surface area contributed by atoms with Crippen molar-refractivity contribution >= 4 is 18.1 Å². The molecule has 0 unspecified atom stereocenters. The van der Waals surface area contributed by atoms with Gasteiger partial charge in [-0.15, -0.1) is 5.46 Å². The molecule has 0 aliphatic carbocycles. The van der Waals surface area contributed by atoms with Crippen LogP contribution in [0, 0.1) is 0 Å². The fraction of sp³-hybridized carbons (Fsp3) is 0.143. The van der Waals surface area contributed by atoms with Crippen LogP contribution in [0.1, 0.15) is 0 Å². The zero-order chi connectivity index (χ0) is 9.19. The molecule has 1 rings (SSSR count). The van der Waals surface area contributed by atoms with E-state index in [0.717, 1.165) is 12.1 Å². The molecule has 0 saturated carbocycles. The van der Waals surface area contributed by atoms with Crippen LogP contribution in [0.4, 0.5) is 18.6 Å². The van der Waals surface area contributed by atoms with Crippen molar-refractivity contribution in [1.29, 1.82) is 0 Å². The molecule has 0 aliphatic heterocycles. The summed E-state index contributed by atoms with van der Waals surface area (Å²) in [4.78, 5) is 0. The van der Waals surface area contributed by atoms with E-state index in [4.69, 9.17) is 0 Å². The van der Waals surface area contributed by atoms with Crippen molar-refractivity contribution < 1.29 is 64.3 Å². The molecule has 0 spiro atoms. The van der Waals surface area contributed by atoms with Gasteiger partial charge in [-0.05, 0) is 6.07 Å². The van der Waals surface area contributed by atoms with Crippen molar-refractivity contribution in [2.45, 2.75) is 0 Å². The number of nitrogens with one attached hydrogen (secondary N) is 1. The Labute approximate surface area is 118 Å². The first-order chi connectivity index (χ1) is 5.54. The number of hydrogen-bond acceptors (Lipinski definition) is 1. The molecule has 6 heteroatoms. The Balaban J connectivity index is 0.00000144. The number of benzene rings is 1. The fourth-order valence-corrected chi connectivity index (χ4v) is 0.898. The summed E-state index contributed by atoms with van der Waals surface area (Å²) < 4.78 is 36.4. The normalized spacial score (nSPS) is 10.5. The first-order valence-corrected chi connectivity index (χ1v) is 3.51. The maximum Gasteiger partial charge on any atom is 1.00 e. The van der Waals surface area contributed by atoms with Crippen LogP contribution in [0.5, 0.6) is 0 Å². The van der Waals surface area contributed by atoms with E-state index >= 15 is 0 Å². The predicted octanol–water partition coefficient (Wildman–Crippen LogP) is -1.21. The van der Waals surface area contributed by atoms with Crippen molar-refractivity contribution in [2.24, 2.45) is 0 Å². The number of hydrogen-bond donors (Lipinski definition) is 1. The third-order valence-electron chi connectivity index (χ3n) is 1.55. The molecule has 0 amide bonds. The molecule has 0 bridgehead atoms. The van der Waals surface area contributed by atoms with E-state index in [2.05, 4.69) is 5.32 Å². The minimum atomic E-state index is -4.87. The second kappa shape index (κ2) is 5.41. The summed E-state index contributed by atoms with van der Waals surface area (Å²) >= 11 is 0. The predicted molar refractivity (Wildman–Crippen MR) is 44.7 cm³/mol. The SMILES string of the molecule is CNc1cccc([B-](F)(F)F)c1.[K+]. The quantitative estimate of drug-likeness (QED) is 0.607. The monoisotopic (exact) mass is 213 g/mol. The summed E-state index contributed by atoms with van der Waals surface area (Å²) in [6.07, 6.45) is 0. The molecule has 1 N–H and O–H groups in total. The van der Waals surface area contributed by atoms with Gasteiger partial charge in [-0.25, -0.2) is 0 Å². The van der Waals surface area contributed by atoms with Gasteiger partial charge in [-0.2, -0.15) is 0 Å². The average molecular weight is 213 g/mol. The van der Waals surface area contributed by atoms with Crippen LogP contribution < -0.4 is 62.2 Å². The third-order valence-corrected chi connectivity index (χ3v) is 1.55. The molecule has 0 fully saturated rings. The van der Waals surface area contributed by atoms with Crippen LogP contribution in [0.3, 0.4) is 0 Å². The Morgan fingerprint density at radius 3 is 2.31 bits per heavy atom. The van der Waals surface area contributed by atoms with Gasteiger partial charge >= 0.3 is 58.4 Å². The van der Waals surface area contributed by atoms with Gasteiger partial charge in [0.25, 0.3) is 0 Å². The summed E-state index contributed by atoms with van der Waals surface area (Å²) in [7, 11) is 1.59. The van der Waals surface area contributed by atoms with Gasteiger partial charge in [-0.3, -0.25) is 0 Å². The van der Waals surface area contributed by atoms with E-state index in [9.17, 15) is 12.9 Å². The summed E-state index contributed by atoms with van der Waals surface area (Å²) in [6, 6.07) is 5.14. The Kier molecular flexibility index (Phi) is 5.62. The van der Waals surface area contributed by atoms with Crippen LogP contribution in [-0.4, -0.2) is 14.0 Å². The van der Waals surface area contributed by atoms with E-state index < -0.39 is 12.4 Å². The first-order valence-electron chi connectivity index (χ1n) is 3.51. The van der Waals surface area contributed by atoms with Gasteiger partial charge in [0.15, 0.2) is 0 Å². The van der Waals surface area contributed by atoms with Gasteiger partial charge in [0.1, 0.15) is 0 Å². The molecule has 0 heterocycles. The van der Waals surface area contributed by atoms with Crippen molar-refractivity contribution in [1.82, 2.24) is 0 Å². The van der Waals surface area contributed by atoms with Gasteiger partial charge in [0, 0.05) is 12.7 Å². The van der Waals surface area contributed by atoms with E-state index in [1.807, 2.05) is 0 Å². The van der Waals surface area contributed by atoms with Crippen molar-refractivity contribution in [2.75, 3.05) is 12.4 Å². The molecule has 0 aromatic heterocycles. The molecule has 0 saturated heterocycles. The zero-order valence-corrected chi connectivity index (χ0v) is 10.6. The second-order valence-electron chi connectivity index (χ2n) is 2.45. The second-order valence-corrected chi connectivity index (χ2v) is 2.45. The van der Waals surface area contributed by atoms with E-state index in [1.54, 1.807) is 13.1 Å². The molecule has 0 aliphatic rings. The molecule has 66 valence electrons. The molecule has 0 atom stereocenters. The van der Waals surface area contributed by atoms with Gasteiger partial charge in [0.2, 0.25) is 0 Å². The molecule has 1 aromatic rings.